The molecule has 1 fully saturated rings. The number of nitrogens with zero attached hydrogens (tertiary/aromatic N) is 1. The highest BCUT2D eigenvalue weighted by atomic mass is 79.9. The lowest BCUT2D eigenvalue weighted by Crippen LogP contribution is -2.30. The Morgan fingerprint density at radius 1 is 1.03 bits per heavy atom. The van der Waals surface area contributed by atoms with Crippen LogP contribution in [-0.2, 0) is 17.9 Å². The van der Waals surface area contributed by atoms with E-state index in [1.54, 1.807) is 48.5 Å². The summed E-state index contributed by atoms with van der Waals surface area (Å²) < 4.78 is 20.7. The molecule has 1 heterocycles. The molecule has 0 bridgehead atoms. The number of halogens is 4. The number of ether oxygens (including phenoxy) is 1. The summed E-state index contributed by atoms with van der Waals surface area (Å²) in [5.41, 5.74) is 1.69. The third-order valence-corrected chi connectivity index (χ3v) is 6.13. The highest BCUT2D eigenvalue weighted by Crippen LogP contribution is 2.29. The molecule has 5 nitrogen and oxygen atoms in total. The molecule has 4 rings (SSSR count). The Morgan fingerprint density at radius 2 is 1.82 bits per heavy atom. The van der Waals surface area contributed by atoms with Crippen molar-refractivity contribution in [1.29, 1.82) is 0 Å². The molecule has 0 aliphatic carbocycles. The summed E-state index contributed by atoms with van der Waals surface area (Å²) >= 11 is 15.4. The van der Waals surface area contributed by atoms with Crippen molar-refractivity contribution in [2.45, 2.75) is 13.2 Å². The van der Waals surface area contributed by atoms with Gasteiger partial charge >= 0.3 is 6.03 Å². The molecule has 1 N–H and O–H groups in total. The molecule has 33 heavy (non-hydrogen) atoms. The van der Waals surface area contributed by atoms with Gasteiger partial charge in [0.05, 0.1) is 16.6 Å². The Hall–Kier alpha value is -2.87. The summed E-state index contributed by atoms with van der Waals surface area (Å²) in [5, 5.41) is 3.42. The lowest BCUT2D eigenvalue weighted by molar-refractivity contribution is -0.123. The number of carbonyl (C=O) groups is 2. The Morgan fingerprint density at radius 3 is 2.58 bits per heavy atom. The molecule has 0 saturated carbocycles. The van der Waals surface area contributed by atoms with E-state index in [1.165, 1.54) is 18.2 Å². The van der Waals surface area contributed by atoms with Crippen LogP contribution in [0.25, 0.3) is 6.08 Å². The number of hydrogen-bond acceptors (Lipinski definition) is 3. The number of amides is 3. The Kier molecular flexibility index (Phi) is 7.02. The fraction of sp³-hybridized carbons (Fsp3) is 0.0833. The van der Waals surface area contributed by atoms with Crippen molar-refractivity contribution in [3.8, 4) is 5.75 Å². The third kappa shape index (κ3) is 5.38. The Balaban J connectivity index is 1.56. The predicted octanol–water partition coefficient (Wildman–Crippen LogP) is 6.57. The first-order valence-corrected chi connectivity index (χ1v) is 11.3. The SMILES string of the molecule is O=C1NC(=Cc2cc(Br)ccc2OCc2ccc(Cl)c(Cl)c2)C(=O)N1Cc1ccccc1F. The van der Waals surface area contributed by atoms with E-state index in [-0.39, 0.29) is 24.4 Å². The zero-order valence-electron chi connectivity index (χ0n) is 16.9. The molecule has 0 atom stereocenters. The molecule has 1 aliphatic heterocycles. The molecule has 0 unspecified atom stereocenters. The summed E-state index contributed by atoms with van der Waals surface area (Å²) in [7, 11) is 0. The van der Waals surface area contributed by atoms with E-state index in [2.05, 4.69) is 21.2 Å². The second-order valence-electron chi connectivity index (χ2n) is 7.19. The average Bonchev–Trinajstić information content (AvgIpc) is 3.04. The standard InChI is InChI=1S/C24H16BrCl2FN2O3/c25-17-6-8-22(33-13-14-5-7-18(26)19(27)9-14)16(10-17)11-21-23(31)30(24(32)29-21)12-15-3-1-2-4-20(15)28/h1-11H,12-13H2,(H,29,32). The monoisotopic (exact) mass is 548 g/mol. The van der Waals surface area contributed by atoms with Gasteiger partial charge in [0.1, 0.15) is 23.9 Å². The largest absolute Gasteiger partial charge is 0.488 e. The molecular formula is C24H16BrCl2FN2O3. The quantitative estimate of drug-likeness (QED) is 0.279. The van der Waals surface area contributed by atoms with Crippen molar-refractivity contribution < 1.29 is 18.7 Å². The van der Waals surface area contributed by atoms with Gasteiger partial charge in [-0.15, -0.1) is 0 Å². The van der Waals surface area contributed by atoms with Gasteiger partial charge in [-0.3, -0.25) is 9.69 Å². The van der Waals surface area contributed by atoms with Crippen LogP contribution >= 0.6 is 39.1 Å². The minimum absolute atomic E-state index is 0.0637. The van der Waals surface area contributed by atoms with Gasteiger partial charge in [0.25, 0.3) is 5.91 Å². The first-order valence-electron chi connectivity index (χ1n) is 9.76. The van der Waals surface area contributed by atoms with Crippen LogP contribution in [0.1, 0.15) is 16.7 Å². The van der Waals surface area contributed by atoms with Crippen molar-refractivity contribution in [2.24, 2.45) is 0 Å². The second kappa shape index (κ2) is 9.95. The van der Waals surface area contributed by atoms with Crippen LogP contribution < -0.4 is 10.1 Å². The molecule has 3 aromatic carbocycles. The summed E-state index contributed by atoms with van der Waals surface area (Å²) in [6, 6.07) is 15.9. The second-order valence-corrected chi connectivity index (χ2v) is 8.92. The van der Waals surface area contributed by atoms with Gasteiger partial charge < -0.3 is 10.1 Å². The van der Waals surface area contributed by atoms with Crippen LogP contribution in [-0.4, -0.2) is 16.8 Å². The van der Waals surface area contributed by atoms with Gasteiger partial charge in [-0.1, -0.05) is 63.4 Å². The number of rotatable bonds is 6. The Labute approximate surface area is 207 Å². The van der Waals surface area contributed by atoms with E-state index in [4.69, 9.17) is 27.9 Å². The van der Waals surface area contributed by atoms with Gasteiger partial charge in [0, 0.05) is 15.6 Å². The highest BCUT2D eigenvalue weighted by Gasteiger charge is 2.34. The lowest BCUT2D eigenvalue weighted by atomic mass is 10.1. The number of imide groups is 1. The number of urea groups is 1. The molecule has 0 spiro atoms. The molecular weight excluding hydrogens is 534 g/mol. The smallest absolute Gasteiger partial charge is 0.329 e. The van der Waals surface area contributed by atoms with E-state index in [0.29, 0.717) is 21.4 Å². The van der Waals surface area contributed by atoms with Crippen LogP contribution in [0.3, 0.4) is 0 Å². The first-order chi connectivity index (χ1) is 15.8. The van der Waals surface area contributed by atoms with E-state index in [0.717, 1.165) is 14.9 Å². The van der Waals surface area contributed by atoms with Gasteiger partial charge in [-0.05, 0) is 48.0 Å². The van der Waals surface area contributed by atoms with Crippen molar-refractivity contribution in [2.75, 3.05) is 0 Å². The van der Waals surface area contributed by atoms with E-state index in [1.807, 2.05) is 0 Å². The molecule has 168 valence electrons. The average molecular weight is 550 g/mol. The van der Waals surface area contributed by atoms with Crippen LogP contribution in [0.4, 0.5) is 9.18 Å². The topological polar surface area (TPSA) is 58.6 Å². The van der Waals surface area contributed by atoms with E-state index in [9.17, 15) is 14.0 Å². The van der Waals surface area contributed by atoms with E-state index >= 15 is 0 Å². The van der Waals surface area contributed by atoms with Crippen LogP contribution in [0.2, 0.25) is 10.0 Å². The summed E-state index contributed by atoms with van der Waals surface area (Å²) in [5.74, 6) is -0.550. The zero-order chi connectivity index (χ0) is 23.5. The fourth-order valence-corrected chi connectivity index (χ4v) is 3.92. The van der Waals surface area contributed by atoms with Gasteiger partial charge in [0.2, 0.25) is 0 Å². The molecule has 9 heteroatoms. The number of carbonyl (C=O) groups excluding carboxylic acids is 2. The van der Waals surface area contributed by atoms with Gasteiger partial charge in [0.15, 0.2) is 0 Å². The zero-order valence-corrected chi connectivity index (χ0v) is 20.0. The van der Waals surface area contributed by atoms with Crippen LogP contribution in [0.5, 0.6) is 5.75 Å². The summed E-state index contributed by atoms with van der Waals surface area (Å²) in [4.78, 5) is 26.2. The van der Waals surface area contributed by atoms with Crippen molar-refractivity contribution in [3.05, 3.63) is 103 Å². The maximum atomic E-state index is 14.0. The van der Waals surface area contributed by atoms with Crippen molar-refractivity contribution in [1.82, 2.24) is 10.2 Å². The summed E-state index contributed by atoms with van der Waals surface area (Å²) in [6.07, 6.45) is 1.52. The van der Waals surface area contributed by atoms with Crippen molar-refractivity contribution >= 4 is 57.1 Å². The third-order valence-electron chi connectivity index (χ3n) is 4.90. The number of benzene rings is 3. The summed E-state index contributed by atoms with van der Waals surface area (Å²) in [6.45, 7) is 0.0439. The van der Waals surface area contributed by atoms with E-state index < -0.39 is 17.8 Å². The Bertz CT molecular complexity index is 1280. The van der Waals surface area contributed by atoms with Crippen LogP contribution in [0.15, 0.2) is 70.8 Å². The maximum Gasteiger partial charge on any atom is 0.329 e. The molecule has 0 radical (unpaired) electrons. The molecule has 3 aromatic rings. The molecule has 1 aliphatic rings. The number of nitrogens with one attached hydrogen (secondary N) is 1. The normalized spacial score (nSPS) is 14.7. The lowest BCUT2D eigenvalue weighted by Gasteiger charge is -2.12. The van der Waals surface area contributed by atoms with Gasteiger partial charge in [-0.25, -0.2) is 9.18 Å². The van der Waals surface area contributed by atoms with Crippen molar-refractivity contribution in [3.63, 3.8) is 0 Å². The maximum absolute atomic E-state index is 14.0. The molecule has 3 amide bonds. The van der Waals surface area contributed by atoms with Gasteiger partial charge in [-0.2, -0.15) is 0 Å². The first kappa shape index (κ1) is 23.3. The fourth-order valence-electron chi connectivity index (χ4n) is 3.22. The highest BCUT2D eigenvalue weighted by molar-refractivity contribution is 9.10. The van der Waals surface area contributed by atoms with Crippen LogP contribution in [0, 0.1) is 5.82 Å². The predicted molar refractivity (Wildman–Crippen MR) is 128 cm³/mol. The minimum Gasteiger partial charge on any atom is -0.488 e. The minimum atomic E-state index is -0.622. The molecule has 1 saturated heterocycles. The molecule has 0 aromatic heterocycles. The number of hydrogen-bond donors (Lipinski definition) is 1.